The number of aromatic nitrogens is 1. The highest BCUT2D eigenvalue weighted by molar-refractivity contribution is 6.42. The van der Waals surface area contributed by atoms with Gasteiger partial charge in [0.15, 0.2) is 0 Å². The molecule has 2 rings (SSSR count). The van der Waals surface area contributed by atoms with Crippen LogP contribution in [0.25, 0.3) is 0 Å². The highest BCUT2D eigenvalue weighted by Gasteiger charge is 2.26. The first-order chi connectivity index (χ1) is 8.49. The Morgan fingerprint density at radius 2 is 2.11 bits per heavy atom. The van der Waals surface area contributed by atoms with E-state index in [-0.39, 0.29) is 17.0 Å². The second-order valence-electron chi connectivity index (χ2n) is 4.25. The minimum atomic E-state index is -0.295. The number of nitrogens with zero attached hydrogens (tertiary/aromatic N) is 2. The first-order valence-corrected chi connectivity index (χ1v) is 6.68. The summed E-state index contributed by atoms with van der Waals surface area (Å²) >= 11 is 17.8. The van der Waals surface area contributed by atoms with Gasteiger partial charge in [0.1, 0.15) is 11.0 Å². The predicted octanol–water partition coefficient (Wildman–Crippen LogP) is 2.74. The van der Waals surface area contributed by atoms with Crippen molar-refractivity contribution in [3.05, 3.63) is 21.3 Å². The smallest absolute Gasteiger partial charge is 0.222 e. The van der Waals surface area contributed by atoms with Crippen LogP contribution in [0, 0.1) is 5.92 Å². The minimum absolute atomic E-state index is 0.175. The number of nitrogens with two attached hydrogens (primary N) is 1. The van der Waals surface area contributed by atoms with Gasteiger partial charge in [0.25, 0.3) is 0 Å². The molecular weight excluding hydrogens is 296 g/mol. The zero-order valence-corrected chi connectivity index (χ0v) is 11.8. The summed E-state index contributed by atoms with van der Waals surface area (Å²) in [5.74, 6) is 0.0824. The fourth-order valence-electron chi connectivity index (χ4n) is 2.06. The highest BCUT2D eigenvalue weighted by atomic mass is 35.5. The van der Waals surface area contributed by atoms with Crippen LogP contribution >= 0.6 is 34.8 Å². The Morgan fingerprint density at radius 1 is 1.39 bits per heavy atom. The Hall–Kier alpha value is -0.710. The topological polar surface area (TPSA) is 59.2 Å². The number of rotatable bonds is 2. The summed E-state index contributed by atoms with van der Waals surface area (Å²) in [7, 11) is 0. The average molecular weight is 309 g/mol. The molecule has 0 bridgehead atoms. The van der Waals surface area contributed by atoms with Gasteiger partial charge in [-0.25, -0.2) is 4.98 Å². The number of anilines is 1. The molecule has 0 aliphatic carbocycles. The van der Waals surface area contributed by atoms with E-state index in [0.29, 0.717) is 22.4 Å². The molecule has 1 aliphatic rings. The molecule has 1 aromatic rings. The molecule has 7 heteroatoms. The highest BCUT2D eigenvalue weighted by Crippen LogP contribution is 2.33. The number of pyridine rings is 1. The van der Waals surface area contributed by atoms with Crippen LogP contribution in [0.2, 0.25) is 15.2 Å². The van der Waals surface area contributed by atoms with Gasteiger partial charge in [-0.15, -0.1) is 0 Å². The summed E-state index contributed by atoms with van der Waals surface area (Å²) < 4.78 is 0. The summed E-state index contributed by atoms with van der Waals surface area (Å²) in [6.45, 7) is 1.29. The number of piperidine rings is 1. The SMILES string of the molecule is NC(=O)C1CCCN(c2nc(Cl)c(Cl)cc2Cl)C1. The number of carbonyl (C=O) groups excluding carboxylic acids is 1. The van der Waals surface area contributed by atoms with Gasteiger partial charge in [-0.2, -0.15) is 0 Å². The Kier molecular flexibility index (Phi) is 4.20. The van der Waals surface area contributed by atoms with Gasteiger partial charge < -0.3 is 10.6 Å². The molecule has 0 spiro atoms. The molecule has 18 heavy (non-hydrogen) atoms. The third-order valence-electron chi connectivity index (χ3n) is 2.99. The van der Waals surface area contributed by atoms with Crippen LogP contribution < -0.4 is 10.6 Å². The molecule has 1 unspecified atom stereocenters. The van der Waals surface area contributed by atoms with E-state index in [0.717, 1.165) is 19.4 Å². The number of amides is 1. The Labute approximate surface area is 120 Å². The van der Waals surface area contributed by atoms with Crippen molar-refractivity contribution in [2.45, 2.75) is 12.8 Å². The van der Waals surface area contributed by atoms with Crippen molar-refractivity contribution in [3.63, 3.8) is 0 Å². The van der Waals surface area contributed by atoms with Crippen molar-refractivity contribution >= 4 is 46.5 Å². The van der Waals surface area contributed by atoms with Gasteiger partial charge in [0, 0.05) is 13.1 Å². The molecule has 1 aromatic heterocycles. The largest absolute Gasteiger partial charge is 0.369 e. The lowest BCUT2D eigenvalue weighted by Gasteiger charge is -2.32. The second-order valence-corrected chi connectivity index (χ2v) is 5.43. The predicted molar refractivity (Wildman–Crippen MR) is 73.4 cm³/mol. The summed E-state index contributed by atoms with van der Waals surface area (Å²) in [6.07, 6.45) is 1.66. The first-order valence-electron chi connectivity index (χ1n) is 5.55. The van der Waals surface area contributed by atoms with Gasteiger partial charge in [0.05, 0.1) is 16.0 Å². The molecule has 0 aromatic carbocycles. The Balaban J connectivity index is 2.26. The summed E-state index contributed by atoms with van der Waals surface area (Å²) in [5, 5.41) is 0.945. The summed E-state index contributed by atoms with van der Waals surface area (Å²) in [5.41, 5.74) is 5.33. The Bertz CT molecular complexity index is 481. The molecule has 2 N–H and O–H groups in total. The standard InChI is InChI=1S/C11H12Cl3N3O/c12-7-4-8(13)11(16-9(7)14)17-3-1-2-6(5-17)10(15)18/h4,6H,1-3,5H2,(H2,15,18). The first kappa shape index (κ1) is 13.7. The number of hydrogen-bond acceptors (Lipinski definition) is 3. The van der Waals surface area contributed by atoms with Crippen molar-refractivity contribution in [1.29, 1.82) is 0 Å². The summed E-state index contributed by atoms with van der Waals surface area (Å²) in [4.78, 5) is 17.3. The minimum Gasteiger partial charge on any atom is -0.369 e. The van der Waals surface area contributed by atoms with Crippen LogP contribution in [-0.4, -0.2) is 24.0 Å². The van der Waals surface area contributed by atoms with E-state index >= 15 is 0 Å². The molecule has 0 radical (unpaired) electrons. The van der Waals surface area contributed by atoms with E-state index < -0.39 is 0 Å². The molecule has 1 aliphatic heterocycles. The number of hydrogen-bond donors (Lipinski definition) is 1. The van der Waals surface area contributed by atoms with Gasteiger partial charge in [-0.05, 0) is 18.9 Å². The van der Waals surface area contributed by atoms with Crippen LogP contribution in [0.4, 0.5) is 5.82 Å². The zero-order chi connectivity index (χ0) is 13.3. The number of halogens is 3. The zero-order valence-electron chi connectivity index (χ0n) is 9.50. The van der Waals surface area contributed by atoms with E-state index in [1.165, 1.54) is 0 Å². The maximum atomic E-state index is 11.2. The number of primary amides is 1. The number of carbonyl (C=O) groups is 1. The maximum Gasteiger partial charge on any atom is 0.222 e. The summed E-state index contributed by atoms with van der Waals surface area (Å²) in [6, 6.07) is 1.56. The fraction of sp³-hybridized carbons (Fsp3) is 0.455. The molecule has 2 heterocycles. The quantitative estimate of drug-likeness (QED) is 0.855. The van der Waals surface area contributed by atoms with Crippen molar-refractivity contribution in [2.24, 2.45) is 11.7 Å². The fourth-order valence-corrected chi connectivity index (χ4v) is 2.67. The van der Waals surface area contributed by atoms with E-state index in [4.69, 9.17) is 40.5 Å². The van der Waals surface area contributed by atoms with Crippen molar-refractivity contribution in [2.75, 3.05) is 18.0 Å². The van der Waals surface area contributed by atoms with Crippen LogP contribution in [0.5, 0.6) is 0 Å². The lowest BCUT2D eigenvalue weighted by molar-refractivity contribution is -0.122. The normalized spacial score (nSPS) is 19.9. The van der Waals surface area contributed by atoms with Crippen molar-refractivity contribution in [1.82, 2.24) is 4.98 Å². The monoisotopic (exact) mass is 307 g/mol. The average Bonchev–Trinajstić information content (AvgIpc) is 2.34. The molecule has 0 saturated carbocycles. The molecule has 1 atom stereocenters. The van der Waals surface area contributed by atoms with Crippen LogP contribution in [0.3, 0.4) is 0 Å². The van der Waals surface area contributed by atoms with Gasteiger partial charge in [-0.3, -0.25) is 4.79 Å². The van der Waals surface area contributed by atoms with Crippen LogP contribution in [0.1, 0.15) is 12.8 Å². The van der Waals surface area contributed by atoms with Crippen LogP contribution in [0.15, 0.2) is 6.07 Å². The third-order valence-corrected chi connectivity index (χ3v) is 3.94. The van der Waals surface area contributed by atoms with Gasteiger partial charge >= 0.3 is 0 Å². The maximum absolute atomic E-state index is 11.2. The van der Waals surface area contributed by atoms with Crippen molar-refractivity contribution < 1.29 is 4.79 Å². The van der Waals surface area contributed by atoms with Gasteiger partial charge in [-0.1, -0.05) is 34.8 Å². The lowest BCUT2D eigenvalue weighted by Crippen LogP contribution is -2.41. The van der Waals surface area contributed by atoms with E-state index in [1.54, 1.807) is 6.07 Å². The van der Waals surface area contributed by atoms with Crippen LogP contribution in [-0.2, 0) is 4.79 Å². The molecule has 1 amide bonds. The molecule has 4 nitrogen and oxygen atoms in total. The molecule has 1 saturated heterocycles. The molecule has 98 valence electrons. The van der Waals surface area contributed by atoms with E-state index in [9.17, 15) is 4.79 Å². The van der Waals surface area contributed by atoms with Crippen molar-refractivity contribution in [3.8, 4) is 0 Å². The van der Waals surface area contributed by atoms with E-state index in [2.05, 4.69) is 4.98 Å². The molecular formula is C11H12Cl3N3O. The third kappa shape index (κ3) is 2.82. The van der Waals surface area contributed by atoms with E-state index in [1.807, 2.05) is 4.90 Å². The lowest BCUT2D eigenvalue weighted by atomic mass is 9.97. The second kappa shape index (κ2) is 5.51. The van der Waals surface area contributed by atoms with Gasteiger partial charge in [0.2, 0.25) is 5.91 Å². The Morgan fingerprint density at radius 3 is 2.78 bits per heavy atom. The molecule has 1 fully saturated rings.